The fourth-order valence-corrected chi connectivity index (χ4v) is 3.52. The maximum absolute atomic E-state index is 5.89. The van der Waals surface area contributed by atoms with E-state index >= 15 is 0 Å². The molecule has 4 rings (SSSR count). The molecule has 2 bridgehead atoms. The smallest absolute Gasteiger partial charge is 0.191 e. The largest absolute Gasteiger partial charge is 0.373 e. The van der Waals surface area contributed by atoms with Gasteiger partial charge in [-0.2, -0.15) is 5.10 Å². The number of fused-ring (bicyclic) bond motifs is 2. The molecule has 0 aliphatic carbocycles. The van der Waals surface area contributed by atoms with Gasteiger partial charge < -0.3 is 15.4 Å². The molecule has 2 saturated heterocycles. The lowest BCUT2D eigenvalue weighted by molar-refractivity contribution is 0.0992. The second kappa shape index (κ2) is 8.13. The Morgan fingerprint density at radius 1 is 1.40 bits per heavy atom. The average Bonchev–Trinajstić information content (AvgIpc) is 3.36. The molecule has 0 amide bonds. The second-order valence-corrected chi connectivity index (χ2v) is 6.32. The number of ether oxygens (including phenoxy) is 1. The Morgan fingerprint density at radius 2 is 2.32 bits per heavy atom. The summed E-state index contributed by atoms with van der Waals surface area (Å²) in [5.74, 6) is 1.60. The summed E-state index contributed by atoms with van der Waals surface area (Å²) in [7, 11) is 1.80. The van der Waals surface area contributed by atoms with Crippen LogP contribution in [0.2, 0.25) is 0 Å². The molecule has 0 spiro atoms. The van der Waals surface area contributed by atoms with Crippen LogP contribution in [0, 0.1) is 0 Å². The Balaban J connectivity index is 0.00000182. The van der Waals surface area contributed by atoms with Gasteiger partial charge in [0.1, 0.15) is 6.33 Å². The van der Waals surface area contributed by atoms with E-state index in [0.29, 0.717) is 24.8 Å². The lowest BCUT2D eigenvalue weighted by Gasteiger charge is -2.22. The van der Waals surface area contributed by atoms with Crippen LogP contribution in [0.4, 0.5) is 0 Å². The number of guanidine groups is 1. The first-order valence-electron chi connectivity index (χ1n) is 8.39. The van der Waals surface area contributed by atoms with E-state index in [-0.39, 0.29) is 24.0 Å². The normalized spacial score (nSPS) is 24.8. The zero-order chi connectivity index (χ0) is 16.4. The molecule has 0 saturated carbocycles. The van der Waals surface area contributed by atoms with Crippen molar-refractivity contribution in [1.82, 2.24) is 25.8 Å². The van der Waals surface area contributed by atoms with Crippen LogP contribution < -0.4 is 10.6 Å². The Hall–Kier alpha value is -1.68. The molecule has 0 radical (unpaired) electrons. The van der Waals surface area contributed by atoms with Crippen molar-refractivity contribution in [1.29, 1.82) is 0 Å². The van der Waals surface area contributed by atoms with Crippen molar-refractivity contribution in [2.75, 3.05) is 7.05 Å². The van der Waals surface area contributed by atoms with Gasteiger partial charge >= 0.3 is 0 Å². The minimum atomic E-state index is 0. The van der Waals surface area contributed by atoms with Crippen LogP contribution >= 0.6 is 24.0 Å². The quantitative estimate of drug-likeness (QED) is 0.374. The fourth-order valence-electron chi connectivity index (χ4n) is 3.52. The number of aromatic amines is 1. The summed E-state index contributed by atoms with van der Waals surface area (Å²) in [5, 5.41) is 13.7. The summed E-state index contributed by atoms with van der Waals surface area (Å²) in [6.45, 7) is 0.698. The van der Waals surface area contributed by atoms with Crippen molar-refractivity contribution < 1.29 is 4.74 Å². The lowest BCUT2D eigenvalue weighted by Crippen LogP contribution is -2.47. The van der Waals surface area contributed by atoms with Gasteiger partial charge in [-0.1, -0.05) is 18.2 Å². The Bertz CT molecular complexity index is 720. The minimum absolute atomic E-state index is 0. The third kappa shape index (κ3) is 4.12. The number of rotatable bonds is 4. The highest BCUT2D eigenvalue weighted by Crippen LogP contribution is 2.34. The van der Waals surface area contributed by atoms with Gasteiger partial charge in [0, 0.05) is 19.2 Å². The van der Waals surface area contributed by atoms with Crippen LogP contribution in [0.3, 0.4) is 0 Å². The fraction of sp³-hybridized carbons (Fsp3) is 0.471. The molecular formula is C17H23IN6O. The molecule has 134 valence electrons. The predicted molar refractivity (Wildman–Crippen MR) is 107 cm³/mol. The van der Waals surface area contributed by atoms with Gasteiger partial charge in [0.15, 0.2) is 11.8 Å². The predicted octanol–water partition coefficient (Wildman–Crippen LogP) is 2.07. The number of aliphatic imine (C=N–C) groups is 1. The van der Waals surface area contributed by atoms with Gasteiger partial charge in [-0.15, -0.1) is 24.0 Å². The Kier molecular flexibility index (Phi) is 5.89. The number of aromatic nitrogens is 3. The molecule has 2 fully saturated rings. The Labute approximate surface area is 164 Å². The molecule has 2 aromatic rings. The van der Waals surface area contributed by atoms with Crippen LogP contribution in [-0.4, -0.2) is 46.4 Å². The summed E-state index contributed by atoms with van der Waals surface area (Å²) < 4.78 is 5.89. The summed E-state index contributed by atoms with van der Waals surface area (Å²) in [5.41, 5.74) is 2.19. The lowest BCUT2D eigenvalue weighted by atomic mass is 9.96. The highest BCUT2D eigenvalue weighted by molar-refractivity contribution is 14.0. The molecule has 1 aromatic heterocycles. The van der Waals surface area contributed by atoms with Crippen molar-refractivity contribution in [3.05, 3.63) is 36.2 Å². The average molecular weight is 454 g/mol. The van der Waals surface area contributed by atoms with Crippen LogP contribution in [-0.2, 0) is 11.3 Å². The van der Waals surface area contributed by atoms with Crippen LogP contribution in [0.5, 0.6) is 0 Å². The van der Waals surface area contributed by atoms with Crippen LogP contribution in [0.15, 0.2) is 35.6 Å². The first kappa shape index (κ1) is 18.1. The van der Waals surface area contributed by atoms with Gasteiger partial charge in [0.05, 0.1) is 18.2 Å². The zero-order valence-electron chi connectivity index (χ0n) is 14.1. The number of hydrogen-bond donors (Lipinski definition) is 3. The van der Waals surface area contributed by atoms with Crippen molar-refractivity contribution >= 4 is 29.9 Å². The van der Waals surface area contributed by atoms with Gasteiger partial charge in [-0.25, -0.2) is 4.98 Å². The van der Waals surface area contributed by atoms with E-state index in [1.165, 1.54) is 12.7 Å². The van der Waals surface area contributed by atoms with E-state index in [4.69, 9.17) is 4.74 Å². The third-order valence-electron chi connectivity index (χ3n) is 4.73. The van der Waals surface area contributed by atoms with Gasteiger partial charge in [-0.3, -0.25) is 10.1 Å². The van der Waals surface area contributed by atoms with Crippen molar-refractivity contribution in [3.63, 3.8) is 0 Å². The number of nitrogens with zero attached hydrogens (tertiary/aromatic N) is 3. The maximum Gasteiger partial charge on any atom is 0.191 e. The molecule has 3 unspecified atom stereocenters. The van der Waals surface area contributed by atoms with E-state index in [9.17, 15) is 0 Å². The number of hydrogen-bond acceptors (Lipinski definition) is 4. The number of H-pyrrole nitrogens is 1. The molecule has 3 atom stereocenters. The highest BCUT2D eigenvalue weighted by Gasteiger charge is 2.41. The molecule has 2 aliphatic heterocycles. The number of halogens is 1. The van der Waals surface area contributed by atoms with Crippen molar-refractivity contribution in [2.45, 2.75) is 44.1 Å². The van der Waals surface area contributed by atoms with Crippen LogP contribution in [0.1, 0.15) is 24.8 Å². The van der Waals surface area contributed by atoms with Gasteiger partial charge in [0.2, 0.25) is 0 Å². The molecule has 3 heterocycles. The molecule has 2 aliphatic rings. The topological polar surface area (TPSA) is 87.2 Å². The summed E-state index contributed by atoms with van der Waals surface area (Å²) >= 11 is 0. The molecule has 3 N–H and O–H groups in total. The number of nitrogens with one attached hydrogen (secondary N) is 3. The van der Waals surface area contributed by atoms with Gasteiger partial charge in [-0.05, 0) is 30.9 Å². The van der Waals surface area contributed by atoms with E-state index in [2.05, 4.69) is 42.9 Å². The molecule has 25 heavy (non-hydrogen) atoms. The molecule has 1 aromatic carbocycles. The Morgan fingerprint density at radius 3 is 3.00 bits per heavy atom. The van der Waals surface area contributed by atoms with E-state index in [0.717, 1.165) is 35.8 Å². The first-order valence-corrected chi connectivity index (χ1v) is 8.39. The number of benzene rings is 1. The third-order valence-corrected chi connectivity index (χ3v) is 4.73. The SMILES string of the molecule is CN=C(NCc1cccc(-c2ncn[nH]2)c1)NC1CC2CCC1O2.I. The van der Waals surface area contributed by atoms with Gasteiger partial charge in [0.25, 0.3) is 0 Å². The van der Waals surface area contributed by atoms with Crippen molar-refractivity contribution in [3.8, 4) is 11.4 Å². The highest BCUT2D eigenvalue weighted by atomic mass is 127. The molecule has 7 nitrogen and oxygen atoms in total. The maximum atomic E-state index is 5.89. The van der Waals surface area contributed by atoms with E-state index in [1.807, 2.05) is 12.1 Å². The minimum Gasteiger partial charge on any atom is -0.373 e. The van der Waals surface area contributed by atoms with E-state index in [1.54, 1.807) is 7.05 Å². The summed E-state index contributed by atoms with van der Waals surface area (Å²) in [6.07, 6.45) is 5.71. The van der Waals surface area contributed by atoms with E-state index < -0.39 is 0 Å². The van der Waals surface area contributed by atoms with Crippen molar-refractivity contribution in [2.24, 2.45) is 4.99 Å². The molecular weight excluding hydrogens is 431 g/mol. The zero-order valence-corrected chi connectivity index (χ0v) is 16.4. The second-order valence-electron chi connectivity index (χ2n) is 6.32. The first-order chi connectivity index (χ1) is 11.8. The molecule has 8 heteroatoms. The monoisotopic (exact) mass is 454 g/mol. The standard InChI is InChI=1S/C17H22N6O.HI/c1-18-17(22-14-8-13-5-6-15(14)24-13)19-9-11-3-2-4-12(7-11)16-20-10-21-23-16;/h2-4,7,10,13-15H,5-6,8-9H2,1H3,(H2,18,19,22)(H,20,21,23);1H. The van der Waals surface area contributed by atoms with Crippen LogP contribution in [0.25, 0.3) is 11.4 Å². The summed E-state index contributed by atoms with van der Waals surface area (Å²) in [4.78, 5) is 8.53. The summed E-state index contributed by atoms with van der Waals surface area (Å²) in [6, 6.07) is 8.59.